The van der Waals surface area contributed by atoms with E-state index in [1.54, 1.807) is 0 Å². The van der Waals surface area contributed by atoms with Crippen LogP contribution in [0.3, 0.4) is 0 Å². The summed E-state index contributed by atoms with van der Waals surface area (Å²) >= 11 is 0. The topological polar surface area (TPSA) is 33.1 Å². The van der Waals surface area contributed by atoms with E-state index >= 15 is 0 Å². The standard InChI is InChI=1S/C8H5F6NO/c9-7(10,11)5-1-2-15-3-4(5)6(16)8(12,13)14/h1-3,6,16H. The van der Waals surface area contributed by atoms with Gasteiger partial charge in [0.1, 0.15) is 0 Å². The Hall–Kier alpha value is -1.31. The quantitative estimate of drug-likeness (QED) is 0.771. The second-order valence-electron chi connectivity index (χ2n) is 2.90. The molecule has 1 rings (SSSR count). The minimum Gasteiger partial charge on any atom is -0.379 e. The lowest BCUT2D eigenvalue weighted by Crippen LogP contribution is -2.23. The first kappa shape index (κ1) is 12.8. The molecule has 1 unspecified atom stereocenters. The van der Waals surface area contributed by atoms with Crippen LogP contribution in [0.25, 0.3) is 0 Å². The smallest absolute Gasteiger partial charge is 0.379 e. The van der Waals surface area contributed by atoms with Crippen molar-refractivity contribution in [1.29, 1.82) is 0 Å². The second-order valence-corrected chi connectivity index (χ2v) is 2.90. The van der Waals surface area contributed by atoms with E-state index in [0.29, 0.717) is 18.5 Å². The zero-order valence-corrected chi connectivity index (χ0v) is 7.47. The zero-order valence-electron chi connectivity index (χ0n) is 7.47. The Morgan fingerprint density at radius 1 is 1.12 bits per heavy atom. The van der Waals surface area contributed by atoms with Crippen molar-refractivity contribution in [3.8, 4) is 0 Å². The minimum atomic E-state index is -5.16. The largest absolute Gasteiger partial charge is 0.418 e. The van der Waals surface area contributed by atoms with Gasteiger partial charge in [-0.1, -0.05) is 0 Å². The van der Waals surface area contributed by atoms with Gasteiger partial charge in [0.05, 0.1) is 5.56 Å². The van der Waals surface area contributed by atoms with Crippen LogP contribution in [0, 0.1) is 0 Å². The van der Waals surface area contributed by atoms with Crippen LogP contribution in [0.1, 0.15) is 17.2 Å². The average Bonchev–Trinajstić information content (AvgIpc) is 2.14. The predicted octanol–water partition coefficient (Wildman–Crippen LogP) is 2.70. The molecule has 2 nitrogen and oxygen atoms in total. The van der Waals surface area contributed by atoms with Crippen molar-refractivity contribution in [2.24, 2.45) is 0 Å². The molecule has 0 amide bonds. The number of aliphatic hydroxyl groups excluding tert-OH is 1. The number of hydrogen-bond donors (Lipinski definition) is 1. The van der Waals surface area contributed by atoms with Gasteiger partial charge in [-0.25, -0.2) is 0 Å². The van der Waals surface area contributed by atoms with E-state index in [9.17, 15) is 26.3 Å². The SMILES string of the molecule is OC(c1cnccc1C(F)(F)F)C(F)(F)F. The molecule has 0 spiro atoms. The van der Waals surface area contributed by atoms with Crippen molar-refractivity contribution in [2.45, 2.75) is 18.5 Å². The lowest BCUT2D eigenvalue weighted by Gasteiger charge is -2.18. The summed E-state index contributed by atoms with van der Waals surface area (Å²) in [4.78, 5) is 3.13. The van der Waals surface area contributed by atoms with Crippen molar-refractivity contribution in [1.82, 2.24) is 4.98 Å². The monoisotopic (exact) mass is 245 g/mol. The Bertz CT molecular complexity index is 372. The molecule has 0 aliphatic rings. The van der Waals surface area contributed by atoms with E-state index < -0.39 is 29.6 Å². The number of aromatic nitrogens is 1. The number of nitrogens with zero attached hydrogens (tertiary/aromatic N) is 1. The Labute approximate surface area is 85.5 Å². The van der Waals surface area contributed by atoms with Crippen LogP contribution in [0.2, 0.25) is 0 Å². The molecular weight excluding hydrogens is 240 g/mol. The van der Waals surface area contributed by atoms with Crippen molar-refractivity contribution < 1.29 is 31.4 Å². The highest BCUT2D eigenvalue weighted by Crippen LogP contribution is 2.39. The molecule has 1 heterocycles. The molecule has 1 aromatic rings. The molecular formula is C8H5F6NO. The van der Waals surface area contributed by atoms with Gasteiger partial charge in [-0.05, 0) is 6.07 Å². The summed E-state index contributed by atoms with van der Waals surface area (Å²) in [7, 11) is 0. The summed E-state index contributed by atoms with van der Waals surface area (Å²) in [6, 6.07) is 0.379. The molecule has 16 heavy (non-hydrogen) atoms. The molecule has 0 saturated carbocycles. The van der Waals surface area contributed by atoms with Crippen LogP contribution in [0.5, 0.6) is 0 Å². The van der Waals surface area contributed by atoms with E-state index in [1.165, 1.54) is 0 Å². The van der Waals surface area contributed by atoms with Crippen molar-refractivity contribution in [3.63, 3.8) is 0 Å². The first-order chi connectivity index (χ1) is 7.14. The molecule has 1 atom stereocenters. The lowest BCUT2D eigenvalue weighted by molar-refractivity contribution is -0.209. The van der Waals surface area contributed by atoms with Gasteiger partial charge < -0.3 is 5.11 Å². The van der Waals surface area contributed by atoms with Gasteiger partial charge >= 0.3 is 12.4 Å². The summed E-state index contributed by atoms with van der Waals surface area (Å²) in [6.45, 7) is 0. The van der Waals surface area contributed by atoms with Crippen LogP contribution < -0.4 is 0 Å². The molecule has 1 N–H and O–H groups in total. The molecule has 90 valence electrons. The van der Waals surface area contributed by atoms with Crippen molar-refractivity contribution >= 4 is 0 Å². The van der Waals surface area contributed by atoms with Crippen LogP contribution in [0.15, 0.2) is 18.5 Å². The number of pyridine rings is 1. The maximum Gasteiger partial charge on any atom is 0.418 e. The highest BCUT2D eigenvalue weighted by atomic mass is 19.4. The number of aliphatic hydroxyl groups is 1. The zero-order chi connectivity index (χ0) is 12.6. The summed E-state index contributed by atoms with van der Waals surface area (Å²) in [5.74, 6) is 0. The van der Waals surface area contributed by atoms with Gasteiger partial charge in [0.15, 0.2) is 6.10 Å². The second kappa shape index (κ2) is 3.93. The lowest BCUT2D eigenvalue weighted by atomic mass is 10.0. The predicted molar refractivity (Wildman–Crippen MR) is 40.3 cm³/mol. The summed E-state index contributed by atoms with van der Waals surface area (Å²) in [6.07, 6.45) is -12.3. The van der Waals surface area contributed by atoms with Gasteiger partial charge in [0.2, 0.25) is 0 Å². The third-order valence-corrected chi connectivity index (χ3v) is 1.76. The number of alkyl halides is 6. The fraction of sp³-hybridized carbons (Fsp3) is 0.375. The first-order valence-electron chi connectivity index (χ1n) is 3.90. The van der Waals surface area contributed by atoms with E-state index in [2.05, 4.69) is 4.98 Å². The molecule has 0 saturated heterocycles. The molecule has 0 aliphatic heterocycles. The van der Waals surface area contributed by atoms with Crippen molar-refractivity contribution in [3.05, 3.63) is 29.6 Å². The first-order valence-corrected chi connectivity index (χ1v) is 3.90. The molecule has 0 fully saturated rings. The average molecular weight is 245 g/mol. The Balaban J connectivity index is 3.25. The van der Waals surface area contributed by atoms with Crippen LogP contribution in [-0.4, -0.2) is 16.3 Å². The van der Waals surface area contributed by atoms with Crippen LogP contribution >= 0.6 is 0 Å². The van der Waals surface area contributed by atoms with Gasteiger partial charge in [-0.15, -0.1) is 0 Å². The maximum absolute atomic E-state index is 12.3. The maximum atomic E-state index is 12.3. The van der Waals surface area contributed by atoms with Gasteiger partial charge in [-0.3, -0.25) is 4.98 Å². The third kappa shape index (κ3) is 2.63. The van der Waals surface area contributed by atoms with E-state index in [0.717, 1.165) is 0 Å². The van der Waals surface area contributed by atoms with E-state index in [4.69, 9.17) is 5.11 Å². The normalized spacial score (nSPS) is 14.9. The Morgan fingerprint density at radius 2 is 1.69 bits per heavy atom. The van der Waals surface area contributed by atoms with Gasteiger partial charge in [-0.2, -0.15) is 26.3 Å². The van der Waals surface area contributed by atoms with Gasteiger partial charge in [0, 0.05) is 18.0 Å². The molecule has 8 heteroatoms. The molecule has 0 aromatic carbocycles. The van der Waals surface area contributed by atoms with Crippen molar-refractivity contribution in [2.75, 3.05) is 0 Å². The number of hydrogen-bond acceptors (Lipinski definition) is 2. The van der Waals surface area contributed by atoms with Crippen LogP contribution in [-0.2, 0) is 6.18 Å². The Kier molecular flexibility index (Phi) is 3.13. The Morgan fingerprint density at radius 3 is 2.12 bits per heavy atom. The molecule has 1 aromatic heterocycles. The van der Waals surface area contributed by atoms with E-state index in [1.807, 2.05) is 0 Å². The van der Waals surface area contributed by atoms with E-state index in [-0.39, 0.29) is 0 Å². The molecule has 0 radical (unpaired) electrons. The van der Waals surface area contributed by atoms with Crippen LogP contribution in [0.4, 0.5) is 26.3 Å². The fourth-order valence-electron chi connectivity index (χ4n) is 1.06. The minimum absolute atomic E-state index is 0.348. The highest BCUT2D eigenvalue weighted by molar-refractivity contribution is 5.29. The number of rotatable bonds is 1. The summed E-state index contributed by atoms with van der Waals surface area (Å²) in [5, 5.41) is 8.74. The summed E-state index contributed by atoms with van der Waals surface area (Å²) in [5.41, 5.74) is -2.85. The fourth-order valence-corrected chi connectivity index (χ4v) is 1.06. The third-order valence-electron chi connectivity index (χ3n) is 1.76. The molecule has 0 aliphatic carbocycles. The number of halogens is 6. The highest BCUT2D eigenvalue weighted by Gasteiger charge is 2.44. The van der Waals surface area contributed by atoms with Gasteiger partial charge in [0.25, 0.3) is 0 Å². The molecule has 0 bridgehead atoms. The summed E-state index contributed by atoms with van der Waals surface area (Å²) < 4.78 is 73.0.